The molecule has 250 valence electrons. The minimum absolute atomic E-state index is 0.00538. The second-order valence-corrected chi connectivity index (χ2v) is 13.2. The van der Waals surface area contributed by atoms with Gasteiger partial charge in [0.2, 0.25) is 5.95 Å². The summed E-state index contributed by atoms with van der Waals surface area (Å²) in [6.07, 6.45) is -7.04. The van der Waals surface area contributed by atoms with Crippen LogP contribution < -0.4 is 27.4 Å². The number of aliphatic imine (C=N–C) groups is 1. The third-order valence-electron chi connectivity index (χ3n) is 7.21. The van der Waals surface area contributed by atoms with E-state index in [1.807, 2.05) is 0 Å². The van der Waals surface area contributed by atoms with Crippen LogP contribution >= 0.6 is 15.6 Å². The highest BCUT2D eigenvalue weighted by molar-refractivity contribution is 7.50. The summed E-state index contributed by atoms with van der Waals surface area (Å²) in [5.41, 5.74) is 10.7. The summed E-state index contributed by atoms with van der Waals surface area (Å²) >= 11 is 0. The van der Waals surface area contributed by atoms with Crippen molar-refractivity contribution >= 4 is 56.2 Å². The van der Waals surface area contributed by atoms with Gasteiger partial charge in [0.25, 0.3) is 5.56 Å². The summed E-state index contributed by atoms with van der Waals surface area (Å²) in [5.74, 6) is -0.229. The zero-order valence-electron chi connectivity index (χ0n) is 23.6. The highest BCUT2D eigenvalue weighted by Crippen LogP contribution is 2.51. The van der Waals surface area contributed by atoms with Crippen LogP contribution in [0.25, 0.3) is 11.2 Å². The number of nitrogens with one attached hydrogen (secondary N) is 3. The Morgan fingerprint density at radius 3 is 2.63 bits per heavy atom. The van der Waals surface area contributed by atoms with Gasteiger partial charge < -0.3 is 46.3 Å². The molecule has 0 radical (unpaired) electrons. The topological polar surface area (TPSA) is 339 Å². The number of hydrogen-bond acceptors (Lipinski definition) is 18. The molecule has 3 aromatic rings. The number of phosphoric acid groups is 1. The Morgan fingerprint density at radius 2 is 1.87 bits per heavy atom. The number of aliphatic hydroxyl groups excluding tert-OH is 2. The van der Waals surface area contributed by atoms with E-state index in [0.717, 1.165) is 17.2 Å². The number of imidazole rings is 1. The lowest BCUT2D eigenvalue weighted by atomic mass is 10.1. The molecule has 3 aromatic heterocycles. The standard InChI is InChI=1S/C21H29N11O12P2/c1-2-24-10-15(22)25-5-26-16(10)28-19-13(34)9-7(42-19)3-41-46(38,39)44-14-12(33)8(4-40-45(36,37)31-9)43-20(14)32-6-27-11-17(32)29-21(23)30-18(11)35/h2,5-9,12-14,19-20,33-34H,3-4H2,1H3,(H,38,39)(H2,31,36,37)(H3,22,25,26,28)(H3,23,29,30,35). The zero-order valence-corrected chi connectivity index (χ0v) is 25.3. The highest BCUT2D eigenvalue weighted by Gasteiger charge is 2.53. The van der Waals surface area contributed by atoms with Crippen molar-refractivity contribution in [1.29, 1.82) is 0 Å². The summed E-state index contributed by atoms with van der Waals surface area (Å²) in [6.45, 7) is 0.0787. The third-order valence-corrected chi connectivity index (χ3v) is 9.32. The van der Waals surface area contributed by atoms with E-state index in [1.165, 1.54) is 6.21 Å². The van der Waals surface area contributed by atoms with Crippen molar-refractivity contribution in [1.82, 2.24) is 34.6 Å². The monoisotopic (exact) mass is 689 g/mol. The van der Waals surface area contributed by atoms with Crippen molar-refractivity contribution in [2.45, 2.75) is 55.9 Å². The molecule has 0 aromatic carbocycles. The molecule has 3 aliphatic heterocycles. The number of phosphoric ester groups is 1. The Hall–Kier alpha value is -3.44. The van der Waals surface area contributed by atoms with Crippen LogP contribution in [0.3, 0.4) is 0 Å². The first-order valence-corrected chi connectivity index (χ1v) is 16.5. The molecular weight excluding hydrogens is 660 g/mol. The van der Waals surface area contributed by atoms with E-state index in [0.29, 0.717) is 0 Å². The minimum atomic E-state index is -5.09. The van der Waals surface area contributed by atoms with Crippen LogP contribution in [0, 0.1) is 0 Å². The molecular formula is C21H29N11O12P2. The quantitative estimate of drug-likeness (QED) is 0.104. The molecule has 6 rings (SSSR count). The van der Waals surface area contributed by atoms with Crippen molar-refractivity contribution in [2.75, 3.05) is 30.0 Å². The van der Waals surface area contributed by atoms with Crippen LogP contribution in [0.4, 0.5) is 23.3 Å². The summed E-state index contributed by atoms with van der Waals surface area (Å²) in [7, 11) is -9.91. The molecule has 0 amide bonds. The van der Waals surface area contributed by atoms with E-state index < -0.39 is 83.4 Å². The maximum Gasteiger partial charge on any atom is 0.472 e. The van der Waals surface area contributed by atoms with Gasteiger partial charge >= 0.3 is 15.6 Å². The first kappa shape index (κ1) is 32.5. The predicted molar refractivity (Wildman–Crippen MR) is 154 cm³/mol. The molecule has 46 heavy (non-hydrogen) atoms. The van der Waals surface area contributed by atoms with Crippen molar-refractivity contribution in [3.63, 3.8) is 0 Å². The van der Waals surface area contributed by atoms with Gasteiger partial charge in [-0.3, -0.25) is 32.9 Å². The Balaban J connectivity index is 1.29. The molecule has 0 saturated carbocycles. The lowest BCUT2D eigenvalue weighted by Crippen LogP contribution is -2.46. The van der Waals surface area contributed by atoms with E-state index >= 15 is 0 Å². The molecule has 3 fully saturated rings. The minimum Gasteiger partial charge on any atom is -0.387 e. The number of nitrogens with two attached hydrogens (primary N) is 2. The van der Waals surface area contributed by atoms with E-state index in [9.17, 15) is 33.9 Å². The molecule has 3 aliphatic rings. The van der Waals surface area contributed by atoms with Gasteiger partial charge in [0.15, 0.2) is 35.3 Å². The number of nitrogens with zero attached hydrogens (tertiary/aromatic N) is 6. The number of fused-ring (bicyclic) bond motifs is 4. The Kier molecular flexibility index (Phi) is 8.69. The molecule has 10 atom stereocenters. The molecule has 23 nitrogen and oxygen atoms in total. The van der Waals surface area contributed by atoms with Gasteiger partial charge in [-0.25, -0.2) is 29.2 Å². The number of anilines is 3. The predicted octanol–water partition coefficient (Wildman–Crippen LogP) is -2.16. The second kappa shape index (κ2) is 12.3. The Bertz CT molecular complexity index is 1810. The zero-order chi connectivity index (χ0) is 33.0. The molecule has 25 heteroatoms. The smallest absolute Gasteiger partial charge is 0.387 e. The van der Waals surface area contributed by atoms with Gasteiger partial charge in [-0.15, -0.1) is 0 Å². The number of aliphatic hydroxyl groups is 2. The first-order valence-electron chi connectivity index (χ1n) is 13.4. The van der Waals surface area contributed by atoms with Gasteiger partial charge in [0.05, 0.1) is 25.6 Å². The number of rotatable bonds is 4. The van der Waals surface area contributed by atoms with Gasteiger partial charge in [0.1, 0.15) is 42.5 Å². The van der Waals surface area contributed by atoms with E-state index in [1.54, 1.807) is 6.92 Å². The normalized spacial score (nSPS) is 37.1. The fraction of sp³-hybridized carbons (Fsp3) is 0.524. The molecule has 0 aliphatic carbocycles. The van der Waals surface area contributed by atoms with Crippen molar-refractivity contribution < 1.29 is 52.2 Å². The average Bonchev–Trinajstić information content (AvgIpc) is 3.62. The van der Waals surface area contributed by atoms with E-state index in [4.69, 9.17) is 34.5 Å². The summed E-state index contributed by atoms with van der Waals surface area (Å²) in [5, 5.41) is 27.2. The second-order valence-electron chi connectivity index (χ2n) is 10.2. The molecule has 6 heterocycles. The lowest BCUT2D eigenvalue weighted by molar-refractivity contribution is -0.0521. The van der Waals surface area contributed by atoms with Gasteiger partial charge in [0, 0.05) is 6.21 Å². The first-order chi connectivity index (χ1) is 21.8. The van der Waals surface area contributed by atoms with Crippen LogP contribution in [-0.2, 0) is 32.2 Å². The van der Waals surface area contributed by atoms with Crippen LogP contribution in [-0.4, -0.2) is 112 Å². The number of ether oxygens (including phenoxy) is 2. The van der Waals surface area contributed by atoms with Gasteiger partial charge in [-0.05, 0) is 6.92 Å². The van der Waals surface area contributed by atoms with Crippen LogP contribution in [0.1, 0.15) is 13.2 Å². The molecule has 0 spiro atoms. The van der Waals surface area contributed by atoms with Crippen molar-refractivity contribution in [3.8, 4) is 0 Å². The van der Waals surface area contributed by atoms with Gasteiger partial charge in [-0.1, -0.05) is 0 Å². The fourth-order valence-electron chi connectivity index (χ4n) is 5.15. The summed E-state index contributed by atoms with van der Waals surface area (Å²) in [6, 6.07) is -1.44. The molecule has 2 bridgehead atoms. The fourth-order valence-corrected chi connectivity index (χ4v) is 7.20. The third kappa shape index (κ3) is 6.28. The SMILES string of the molecule is CC=Nc1c(N)ncnc1NC1OC2COP(=O)(O)OC3C(O)C(COP(=O)(O)NC2C1O)OC3n1cnc2c(=O)[nH]c(N)nc21. The van der Waals surface area contributed by atoms with E-state index in [-0.39, 0.29) is 34.4 Å². The molecule has 11 N–H and O–H groups in total. The number of nitrogen functional groups attached to an aromatic ring is 2. The highest BCUT2D eigenvalue weighted by atomic mass is 31.2. The maximum atomic E-state index is 13.2. The maximum absolute atomic E-state index is 13.2. The number of aromatic nitrogens is 6. The summed E-state index contributed by atoms with van der Waals surface area (Å²) < 4.78 is 54.8. The van der Waals surface area contributed by atoms with Crippen LogP contribution in [0.5, 0.6) is 0 Å². The van der Waals surface area contributed by atoms with Crippen LogP contribution in [0.2, 0.25) is 0 Å². The Labute approximate surface area is 257 Å². The Morgan fingerprint density at radius 1 is 1.11 bits per heavy atom. The lowest BCUT2D eigenvalue weighted by Gasteiger charge is -2.26. The largest absolute Gasteiger partial charge is 0.472 e. The van der Waals surface area contributed by atoms with Crippen LogP contribution in [0.15, 0.2) is 22.4 Å². The molecule has 10 unspecified atom stereocenters. The number of hydrogen-bond donors (Lipinski definition) is 9. The number of aromatic amines is 1. The molecule has 3 saturated heterocycles. The van der Waals surface area contributed by atoms with Gasteiger partial charge in [-0.2, -0.15) is 4.98 Å². The van der Waals surface area contributed by atoms with E-state index in [2.05, 4.69) is 40.3 Å². The number of H-pyrrole nitrogens is 1. The van der Waals surface area contributed by atoms with Crippen molar-refractivity contribution in [2.24, 2.45) is 4.99 Å². The van der Waals surface area contributed by atoms with Crippen molar-refractivity contribution in [3.05, 3.63) is 23.0 Å². The summed E-state index contributed by atoms with van der Waals surface area (Å²) in [4.78, 5) is 55.9. The average molecular weight is 689 g/mol.